The molecule has 2 rings (SSSR count). The molecule has 1 aromatic carbocycles. The third kappa shape index (κ3) is 3.71. The van der Waals surface area contributed by atoms with E-state index < -0.39 is 0 Å². The first-order valence-corrected chi connectivity index (χ1v) is 7.87. The van der Waals surface area contributed by atoms with E-state index in [0.717, 1.165) is 29.9 Å². The molecule has 0 saturated heterocycles. The minimum absolute atomic E-state index is 0.00481. The van der Waals surface area contributed by atoms with E-state index in [1.54, 1.807) is 7.11 Å². The van der Waals surface area contributed by atoms with Gasteiger partial charge in [-0.2, -0.15) is 0 Å². The van der Waals surface area contributed by atoms with Crippen LogP contribution in [0.5, 0.6) is 11.5 Å². The number of benzene rings is 1. The highest BCUT2D eigenvalue weighted by atomic mass is 16.5. The number of rotatable bonds is 6. The maximum Gasteiger partial charge on any atom is 0.226 e. The number of hydrogen-bond acceptors (Lipinski definition) is 4. The first-order valence-electron chi connectivity index (χ1n) is 7.87. The molecule has 1 unspecified atom stereocenters. The van der Waals surface area contributed by atoms with Crippen LogP contribution in [-0.2, 0) is 11.2 Å². The molecule has 1 heterocycles. The SMILES string of the molecule is CCC(N)(CC)CNC(=O)C1COc2ccc(OC)cc2C1. The molecular weight excluding hydrogens is 280 g/mol. The summed E-state index contributed by atoms with van der Waals surface area (Å²) in [5.74, 6) is 1.43. The Hall–Kier alpha value is -1.75. The molecule has 0 radical (unpaired) electrons. The van der Waals surface area contributed by atoms with Gasteiger partial charge in [0.05, 0.1) is 13.0 Å². The summed E-state index contributed by atoms with van der Waals surface area (Å²) in [5.41, 5.74) is 6.91. The van der Waals surface area contributed by atoms with Gasteiger partial charge in [-0.05, 0) is 43.0 Å². The van der Waals surface area contributed by atoms with Crippen molar-refractivity contribution in [3.8, 4) is 11.5 Å². The lowest BCUT2D eigenvalue weighted by Gasteiger charge is -2.29. The van der Waals surface area contributed by atoms with Crippen LogP contribution in [0, 0.1) is 5.92 Å². The molecule has 1 aliphatic heterocycles. The molecule has 0 bridgehead atoms. The molecule has 22 heavy (non-hydrogen) atoms. The average molecular weight is 306 g/mol. The van der Waals surface area contributed by atoms with E-state index in [2.05, 4.69) is 5.32 Å². The summed E-state index contributed by atoms with van der Waals surface area (Å²) in [4.78, 5) is 12.4. The second-order valence-electron chi connectivity index (χ2n) is 5.97. The van der Waals surface area contributed by atoms with Gasteiger partial charge < -0.3 is 20.5 Å². The van der Waals surface area contributed by atoms with E-state index >= 15 is 0 Å². The van der Waals surface area contributed by atoms with Gasteiger partial charge >= 0.3 is 0 Å². The Labute approximate surface area is 132 Å². The molecule has 3 N–H and O–H groups in total. The zero-order valence-electron chi connectivity index (χ0n) is 13.6. The summed E-state index contributed by atoms with van der Waals surface area (Å²) >= 11 is 0. The van der Waals surface area contributed by atoms with Gasteiger partial charge in [-0.15, -0.1) is 0 Å². The van der Waals surface area contributed by atoms with Crippen LogP contribution in [0.25, 0.3) is 0 Å². The summed E-state index contributed by atoms with van der Waals surface area (Å²) in [6, 6.07) is 5.69. The number of hydrogen-bond donors (Lipinski definition) is 2. The number of methoxy groups -OCH3 is 1. The van der Waals surface area contributed by atoms with Gasteiger partial charge in [0.25, 0.3) is 0 Å². The fraction of sp³-hybridized carbons (Fsp3) is 0.588. The van der Waals surface area contributed by atoms with Crippen molar-refractivity contribution in [3.05, 3.63) is 23.8 Å². The third-order valence-corrected chi connectivity index (χ3v) is 4.57. The maximum atomic E-state index is 12.4. The predicted octanol–water partition coefficient (Wildman–Crippen LogP) is 1.88. The number of fused-ring (bicyclic) bond motifs is 1. The van der Waals surface area contributed by atoms with Gasteiger partial charge in [0.2, 0.25) is 5.91 Å². The summed E-state index contributed by atoms with van der Waals surface area (Å²) in [7, 11) is 1.63. The highest BCUT2D eigenvalue weighted by molar-refractivity contribution is 5.79. The summed E-state index contributed by atoms with van der Waals surface area (Å²) in [5, 5.41) is 2.98. The first-order chi connectivity index (χ1) is 10.5. The largest absolute Gasteiger partial charge is 0.497 e. The number of ether oxygens (including phenoxy) is 2. The summed E-state index contributed by atoms with van der Waals surface area (Å²) in [6.45, 7) is 4.99. The Balaban J connectivity index is 1.98. The molecule has 1 aromatic rings. The van der Waals surface area contributed by atoms with E-state index in [9.17, 15) is 4.79 Å². The molecule has 5 nitrogen and oxygen atoms in total. The summed E-state index contributed by atoms with van der Waals surface area (Å²) < 4.78 is 10.9. The van der Waals surface area contributed by atoms with Crippen molar-refractivity contribution in [3.63, 3.8) is 0 Å². The van der Waals surface area contributed by atoms with Crippen LogP contribution in [0.15, 0.2) is 18.2 Å². The van der Waals surface area contributed by atoms with Crippen molar-refractivity contribution < 1.29 is 14.3 Å². The Morgan fingerprint density at radius 1 is 1.45 bits per heavy atom. The van der Waals surface area contributed by atoms with Crippen LogP contribution in [-0.4, -0.2) is 31.7 Å². The Morgan fingerprint density at radius 2 is 2.18 bits per heavy atom. The van der Waals surface area contributed by atoms with Crippen LogP contribution in [0.4, 0.5) is 0 Å². The molecule has 1 aliphatic rings. The van der Waals surface area contributed by atoms with E-state index in [4.69, 9.17) is 15.2 Å². The van der Waals surface area contributed by atoms with E-state index in [1.165, 1.54) is 0 Å². The van der Waals surface area contributed by atoms with Gasteiger partial charge in [0, 0.05) is 12.1 Å². The average Bonchev–Trinajstić information content (AvgIpc) is 2.58. The van der Waals surface area contributed by atoms with Crippen LogP contribution < -0.4 is 20.5 Å². The van der Waals surface area contributed by atoms with E-state index in [1.807, 2.05) is 32.0 Å². The first kappa shape index (κ1) is 16.6. The zero-order chi connectivity index (χ0) is 16.2. The highest BCUT2D eigenvalue weighted by Crippen LogP contribution is 2.30. The van der Waals surface area contributed by atoms with Gasteiger partial charge in [-0.3, -0.25) is 4.79 Å². The van der Waals surface area contributed by atoms with Gasteiger partial charge in [-0.25, -0.2) is 0 Å². The molecule has 122 valence electrons. The quantitative estimate of drug-likeness (QED) is 0.841. The van der Waals surface area contributed by atoms with Gasteiger partial charge in [0.15, 0.2) is 0 Å². The minimum Gasteiger partial charge on any atom is -0.497 e. The molecule has 0 aromatic heterocycles. The van der Waals surface area contributed by atoms with Gasteiger partial charge in [-0.1, -0.05) is 13.8 Å². The molecule has 0 saturated carbocycles. The number of nitrogens with two attached hydrogens (primary N) is 1. The molecule has 0 aliphatic carbocycles. The second-order valence-corrected chi connectivity index (χ2v) is 5.97. The van der Waals surface area contributed by atoms with Crippen molar-refractivity contribution >= 4 is 5.91 Å². The Bertz CT molecular complexity index is 527. The lowest BCUT2D eigenvalue weighted by atomic mass is 9.92. The van der Waals surface area contributed by atoms with Crippen LogP contribution in [0.1, 0.15) is 32.3 Å². The van der Waals surface area contributed by atoms with Gasteiger partial charge in [0.1, 0.15) is 18.1 Å². The van der Waals surface area contributed by atoms with E-state index in [0.29, 0.717) is 19.6 Å². The maximum absolute atomic E-state index is 12.4. The number of carbonyl (C=O) groups excluding carboxylic acids is 1. The Kier molecular flexibility index (Phi) is 5.29. The fourth-order valence-corrected chi connectivity index (χ4v) is 2.57. The van der Waals surface area contributed by atoms with Crippen molar-refractivity contribution in [1.82, 2.24) is 5.32 Å². The smallest absolute Gasteiger partial charge is 0.226 e. The molecule has 5 heteroatoms. The minimum atomic E-state index is -0.327. The lowest BCUT2D eigenvalue weighted by Crippen LogP contribution is -2.51. The highest BCUT2D eigenvalue weighted by Gasteiger charge is 2.28. The Morgan fingerprint density at radius 3 is 2.82 bits per heavy atom. The number of nitrogens with one attached hydrogen (secondary N) is 1. The zero-order valence-corrected chi connectivity index (χ0v) is 13.6. The second kappa shape index (κ2) is 7.01. The number of amides is 1. The van der Waals surface area contributed by atoms with Crippen molar-refractivity contribution in [2.24, 2.45) is 11.7 Å². The van der Waals surface area contributed by atoms with Crippen LogP contribution >= 0.6 is 0 Å². The predicted molar refractivity (Wildman–Crippen MR) is 86.2 cm³/mol. The fourth-order valence-electron chi connectivity index (χ4n) is 2.57. The lowest BCUT2D eigenvalue weighted by molar-refractivity contribution is -0.126. The van der Waals surface area contributed by atoms with Crippen LogP contribution in [0.3, 0.4) is 0 Å². The molecule has 0 fully saturated rings. The molecule has 0 spiro atoms. The molecular formula is C17H26N2O3. The number of carbonyl (C=O) groups is 1. The normalized spacial score (nSPS) is 17.4. The molecule has 1 amide bonds. The monoisotopic (exact) mass is 306 g/mol. The standard InChI is InChI=1S/C17H26N2O3/c1-4-17(18,5-2)11-19-16(20)13-8-12-9-14(21-3)6-7-15(12)22-10-13/h6-7,9,13H,4-5,8,10-11,18H2,1-3H3,(H,19,20). The van der Waals surface area contributed by atoms with Crippen molar-refractivity contribution in [2.45, 2.75) is 38.6 Å². The van der Waals surface area contributed by atoms with Crippen molar-refractivity contribution in [1.29, 1.82) is 0 Å². The molecule has 1 atom stereocenters. The van der Waals surface area contributed by atoms with E-state index in [-0.39, 0.29) is 17.4 Å². The third-order valence-electron chi connectivity index (χ3n) is 4.57. The van der Waals surface area contributed by atoms with Crippen LogP contribution in [0.2, 0.25) is 0 Å². The topological polar surface area (TPSA) is 73.6 Å². The van der Waals surface area contributed by atoms with Crippen molar-refractivity contribution in [2.75, 3.05) is 20.3 Å². The summed E-state index contributed by atoms with van der Waals surface area (Å²) in [6.07, 6.45) is 2.34.